The molecule has 8 heterocycles. The first-order valence-electron chi connectivity index (χ1n) is 20.5. The first-order chi connectivity index (χ1) is 29.0. The van der Waals surface area contributed by atoms with Crippen molar-refractivity contribution in [2.75, 3.05) is 24.2 Å². The smallest absolute Gasteiger partial charge is 0.256 e. The van der Waals surface area contributed by atoms with E-state index in [2.05, 4.69) is 85.5 Å². The van der Waals surface area contributed by atoms with E-state index in [4.69, 9.17) is 26.6 Å². The van der Waals surface area contributed by atoms with Crippen LogP contribution in [0.4, 0.5) is 11.6 Å². The Labute approximate surface area is 349 Å². The van der Waals surface area contributed by atoms with E-state index in [1.165, 1.54) is 0 Å². The normalized spacial score (nSPS) is 14.3. The van der Waals surface area contributed by atoms with Gasteiger partial charge in [-0.2, -0.15) is 19.2 Å². The number of pyridine rings is 2. The van der Waals surface area contributed by atoms with Crippen molar-refractivity contribution in [2.24, 2.45) is 0 Å². The van der Waals surface area contributed by atoms with Crippen molar-refractivity contribution < 1.29 is 9.59 Å². The first kappa shape index (κ1) is 37.7. The fourth-order valence-corrected chi connectivity index (χ4v) is 7.91. The molecule has 4 N–H and O–H groups in total. The molecule has 0 aliphatic heterocycles. The second kappa shape index (κ2) is 14.6. The second-order valence-electron chi connectivity index (χ2n) is 16.4. The van der Waals surface area contributed by atoms with Crippen LogP contribution < -0.4 is 21.3 Å². The van der Waals surface area contributed by atoms with Gasteiger partial charge >= 0.3 is 0 Å². The van der Waals surface area contributed by atoms with Crippen LogP contribution >= 0.6 is 11.6 Å². The number of carbonyl (C=O) groups excluding carboxylic acids is 2. The van der Waals surface area contributed by atoms with Crippen LogP contribution in [0.5, 0.6) is 0 Å². The predicted molar refractivity (Wildman–Crippen MR) is 232 cm³/mol. The minimum atomic E-state index is -0.192. The summed E-state index contributed by atoms with van der Waals surface area (Å²) in [5.74, 6) is 1.03. The molecule has 2 fully saturated rings. The van der Waals surface area contributed by atoms with Crippen molar-refractivity contribution in [1.82, 2.24) is 58.9 Å². The number of halogens is 1. The lowest BCUT2D eigenvalue weighted by atomic mass is 10.1. The molecule has 0 spiro atoms. The summed E-state index contributed by atoms with van der Waals surface area (Å²) in [4.78, 5) is 46.4. The zero-order chi connectivity index (χ0) is 41.4. The molecule has 60 heavy (non-hydrogen) atoms. The van der Waals surface area contributed by atoms with Crippen molar-refractivity contribution >= 4 is 68.4 Å². The molecule has 2 amide bonds. The second-order valence-corrected chi connectivity index (χ2v) is 16.8. The van der Waals surface area contributed by atoms with Gasteiger partial charge in [-0.05, 0) is 77.5 Å². The molecule has 0 saturated heterocycles. The van der Waals surface area contributed by atoms with Crippen LogP contribution in [0.3, 0.4) is 0 Å². The van der Waals surface area contributed by atoms with Gasteiger partial charge in [-0.15, -0.1) is 0 Å². The third kappa shape index (κ3) is 6.73. The van der Waals surface area contributed by atoms with E-state index >= 15 is 0 Å². The third-order valence-corrected chi connectivity index (χ3v) is 11.5. The fourth-order valence-electron chi connectivity index (χ4n) is 7.76. The molecule has 0 bridgehead atoms. The maximum atomic E-state index is 13.4. The van der Waals surface area contributed by atoms with Gasteiger partial charge in [0.15, 0.2) is 11.3 Å². The Kier molecular flexibility index (Phi) is 9.19. The molecule has 8 aromatic rings. The Hall–Kier alpha value is -6.55. The predicted octanol–water partition coefficient (Wildman–Crippen LogP) is 7.10. The van der Waals surface area contributed by atoms with Crippen LogP contribution in [0.2, 0.25) is 5.02 Å². The highest BCUT2D eigenvalue weighted by Gasteiger charge is 2.28. The number of hydrogen-bond acceptors (Lipinski definition) is 10. The number of amides is 2. The Bertz CT molecular complexity index is 3000. The molecule has 10 rings (SSSR count). The molecule has 306 valence electrons. The minimum Gasteiger partial charge on any atom is -0.373 e. The third-order valence-electron chi connectivity index (χ3n) is 11.3. The van der Waals surface area contributed by atoms with E-state index in [9.17, 15) is 9.59 Å². The zero-order valence-electron chi connectivity index (χ0n) is 34.0. The van der Waals surface area contributed by atoms with Crippen molar-refractivity contribution in [3.63, 3.8) is 0 Å². The zero-order valence-corrected chi connectivity index (χ0v) is 34.7. The molecule has 17 heteroatoms. The Morgan fingerprint density at radius 1 is 0.700 bits per heavy atom. The van der Waals surface area contributed by atoms with E-state index < -0.39 is 0 Å². The van der Waals surface area contributed by atoms with Gasteiger partial charge in [-0.3, -0.25) is 9.59 Å². The summed E-state index contributed by atoms with van der Waals surface area (Å²) < 4.78 is 7.61. The van der Waals surface area contributed by atoms with Crippen molar-refractivity contribution in [3.05, 3.63) is 83.2 Å². The number of hydrogen-bond donors (Lipinski definition) is 4. The SMILES string of the molecule is CNc1cc(-c2cn(C(C)C)c3ncc(CCNc4cc(-c5cn(C(C)C)c6ncc(Cl)cc56)nc5c(C(=O)NC6CC6)cnn45)cc23)nc2c(C(=O)NC3CC3)cnn12. The highest BCUT2D eigenvalue weighted by Crippen LogP contribution is 2.36. The molecule has 2 aliphatic carbocycles. The van der Waals surface area contributed by atoms with Gasteiger partial charge in [0, 0.05) is 96.6 Å². The van der Waals surface area contributed by atoms with Gasteiger partial charge in [-0.25, -0.2) is 19.9 Å². The van der Waals surface area contributed by atoms with E-state index in [0.717, 1.165) is 64.4 Å². The molecule has 8 aromatic heterocycles. The summed E-state index contributed by atoms with van der Waals surface area (Å²) in [7, 11) is 1.83. The van der Waals surface area contributed by atoms with Crippen LogP contribution in [-0.4, -0.2) is 85.8 Å². The maximum Gasteiger partial charge on any atom is 0.256 e. The summed E-state index contributed by atoms with van der Waals surface area (Å²) in [5.41, 5.74) is 7.56. The van der Waals surface area contributed by atoms with Gasteiger partial charge in [0.25, 0.3) is 11.8 Å². The van der Waals surface area contributed by atoms with Gasteiger partial charge in [0.1, 0.15) is 34.1 Å². The largest absolute Gasteiger partial charge is 0.373 e. The van der Waals surface area contributed by atoms with Crippen molar-refractivity contribution in [3.8, 4) is 22.5 Å². The Morgan fingerprint density at radius 2 is 1.22 bits per heavy atom. The number of aromatic nitrogens is 10. The summed E-state index contributed by atoms with van der Waals surface area (Å²) in [6.45, 7) is 8.99. The molecule has 0 radical (unpaired) electrons. The summed E-state index contributed by atoms with van der Waals surface area (Å²) in [5, 5.41) is 24.5. The molecule has 16 nitrogen and oxygen atoms in total. The van der Waals surface area contributed by atoms with Crippen LogP contribution in [-0.2, 0) is 6.42 Å². The van der Waals surface area contributed by atoms with Gasteiger partial charge in [0.05, 0.1) is 28.8 Å². The quantitative estimate of drug-likeness (QED) is 0.0938. The molecule has 2 saturated carbocycles. The molecule has 0 atom stereocenters. The average Bonchev–Trinajstić information content (AvgIpc) is 4.02. The fraction of sp³-hybridized carbons (Fsp3) is 0.349. The molecular formula is C43H45ClN14O2. The van der Waals surface area contributed by atoms with Gasteiger partial charge < -0.3 is 30.4 Å². The Balaban J connectivity index is 1.00. The summed E-state index contributed by atoms with van der Waals surface area (Å²) in [6.07, 6.45) is 15.4. The van der Waals surface area contributed by atoms with E-state index in [-0.39, 0.29) is 36.0 Å². The topological polar surface area (TPSA) is 178 Å². The van der Waals surface area contributed by atoms with E-state index in [0.29, 0.717) is 63.4 Å². The first-order valence-corrected chi connectivity index (χ1v) is 20.9. The van der Waals surface area contributed by atoms with Gasteiger partial charge in [0.2, 0.25) is 0 Å². The lowest BCUT2D eigenvalue weighted by molar-refractivity contribution is 0.0944. The number of rotatable bonds is 13. The van der Waals surface area contributed by atoms with Crippen molar-refractivity contribution in [2.45, 2.75) is 84.0 Å². The maximum absolute atomic E-state index is 13.4. The van der Waals surface area contributed by atoms with Crippen LogP contribution in [0, 0.1) is 0 Å². The highest BCUT2D eigenvalue weighted by atomic mass is 35.5. The molecule has 0 aromatic carbocycles. The molecule has 2 aliphatic rings. The van der Waals surface area contributed by atoms with Crippen molar-refractivity contribution in [1.29, 1.82) is 0 Å². The number of nitrogens with zero attached hydrogens (tertiary/aromatic N) is 10. The number of anilines is 2. The van der Waals surface area contributed by atoms with E-state index in [1.807, 2.05) is 37.6 Å². The molecule has 0 unspecified atom stereocenters. The van der Waals surface area contributed by atoms with Crippen LogP contribution in [0.15, 0.2) is 61.4 Å². The van der Waals surface area contributed by atoms with Crippen LogP contribution in [0.1, 0.15) is 91.7 Å². The number of carbonyl (C=O) groups is 2. The number of fused-ring (bicyclic) bond motifs is 4. The lowest BCUT2D eigenvalue weighted by Gasteiger charge is -2.12. The van der Waals surface area contributed by atoms with Gasteiger partial charge in [-0.1, -0.05) is 11.6 Å². The Morgan fingerprint density at radius 3 is 1.75 bits per heavy atom. The standard InChI is InChI=1S/C43H45ClN14O2/c1-22(2)55-20-32(34-14-36(45-5)57-40(53-34)30(18-49-57)42(59)51-26-6-7-26)28-12-24(16-47-38(28)55)10-11-46-37-15-35(33-21-56(23(3)4)39-29(33)13-25(44)17-48-39)54-41-31(19-50-58(37)41)43(60)52-27-8-9-27/h12-23,26-27,45-46H,6-11H2,1-5H3,(H,51,59)(H,52,60). The number of nitrogens with one attached hydrogen (secondary N) is 4. The van der Waals surface area contributed by atoms with Crippen LogP contribution in [0.25, 0.3) is 55.9 Å². The highest BCUT2D eigenvalue weighted by molar-refractivity contribution is 6.31. The minimum absolute atomic E-state index is 0.138. The lowest BCUT2D eigenvalue weighted by Crippen LogP contribution is -2.25. The monoisotopic (exact) mass is 824 g/mol. The average molecular weight is 825 g/mol. The molecular weight excluding hydrogens is 780 g/mol. The summed E-state index contributed by atoms with van der Waals surface area (Å²) in [6, 6.07) is 8.65. The summed E-state index contributed by atoms with van der Waals surface area (Å²) >= 11 is 6.49. The van der Waals surface area contributed by atoms with E-state index in [1.54, 1.807) is 27.6 Å².